The van der Waals surface area contributed by atoms with Crippen LogP contribution in [0.3, 0.4) is 0 Å². The molecule has 0 bridgehead atoms. The summed E-state index contributed by atoms with van der Waals surface area (Å²) < 4.78 is 1.98. The number of anilines is 1. The van der Waals surface area contributed by atoms with Crippen molar-refractivity contribution < 1.29 is 0 Å². The number of aromatic nitrogens is 3. The average Bonchev–Trinajstić information content (AvgIpc) is 2.80. The normalized spacial score (nSPS) is 10.7. The molecule has 0 atom stereocenters. The van der Waals surface area contributed by atoms with E-state index < -0.39 is 0 Å². The third kappa shape index (κ3) is 1.93. The van der Waals surface area contributed by atoms with Crippen LogP contribution in [0.2, 0.25) is 0 Å². The molecule has 0 spiro atoms. The Morgan fingerprint density at radius 3 is 2.72 bits per heavy atom. The van der Waals surface area contributed by atoms with E-state index in [0.29, 0.717) is 0 Å². The number of fused-ring (bicyclic) bond motifs is 1. The van der Waals surface area contributed by atoms with Gasteiger partial charge in [0, 0.05) is 12.7 Å². The fraction of sp³-hybridized carbons (Fsp3) is 0.143. The standard InChI is InChI=1S/C14H14N4/c1-11-16-17-14-13(8-5-9-18(11)14)15-10-12-6-3-2-4-7-12/h2-9,15H,10H2,1H3. The number of nitrogens with one attached hydrogen (secondary N) is 1. The number of hydrogen-bond acceptors (Lipinski definition) is 3. The summed E-state index contributed by atoms with van der Waals surface area (Å²) in [6, 6.07) is 14.3. The van der Waals surface area contributed by atoms with E-state index >= 15 is 0 Å². The van der Waals surface area contributed by atoms with E-state index in [1.165, 1.54) is 5.56 Å². The summed E-state index contributed by atoms with van der Waals surface area (Å²) in [6.45, 7) is 2.73. The largest absolute Gasteiger partial charge is 0.378 e. The minimum atomic E-state index is 0.784. The Morgan fingerprint density at radius 1 is 1.06 bits per heavy atom. The number of benzene rings is 1. The molecule has 90 valence electrons. The lowest BCUT2D eigenvalue weighted by Crippen LogP contribution is -2.01. The monoisotopic (exact) mass is 238 g/mol. The predicted molar refractivity (Wildman–Crippen MR) is 71.5 cm³/mol. The van der Waals surface area contributed by atoms with E-state index in [1.54, 1.807) is 0 Å². The van der Waals surface area contributed by atoms with Crippen molar-refractivity contribution in [2.45, 2.75) is 13.5 Å². The Bertz CT molecular complexity index is 658. The van der Waals surface area contributed by atoms with Gasteiger partial charge in [-0.1, -0.05) is 30.3 Å². The number of rotatable bonds is 3. The highest BCUT2D eigenvalue weighted by atomic mass is 15.2. The summed E-state index contributed by atoms with van der Waals surface area (Å²) in [5, 5.41) is 11.7. The molecule has 2 aromatic heterocycles. The van der Waals surface area contributed by atoms with Gasteiger partial charge in [-0.25, -0.2) is 0 Å². The van der Waals surface area contributed by atoms with Crippen LogP contribution in [0, 0.1) is 6.92 Å². The Labute approximate surface area is 105 Å². The van der Waals surface area contributed by atoms with Gasteiger partial charge >= 0.3 is 0 Å². The molecular weight excluding hydrogens is 224 g/mol. The van der Waals surface area contributed by atoms with Crippen molar-refractivity contribution >= 4 is 11.3 Å². The van der Waals surface area contributed by atoms with Gasteiger partial charge < -0.3 is 5.32 Å². The molecule has 0 aliphatic rings. The zero-order valence-electron chi connectivity index (χ0n) is 10.2. The quantitative estimate of drug-likeness (QED) is 0.762. The SMILES string of the molecule is Cc1nnc2c(NCc3ccccc3)cccn12. The molecule has 4 nitrogen and oxygen atoms in total. The minimum Gasteiger partial charge on any atom is -0.378 e. The van der Waals surface area contributed by atoms with Crippen LogP contribution in [0.5, 0.6) is 0 Å². The molecule has 3 rings (SSSR count). The highest BCUT2D eigenvalue weighted by molar-refractivity contribution is 5.67. The lowest BCUT2D eigenvalue weighted by molar-refractivity contribution is 1.01. The van der Waals surface area contributed by atoms with Crippen LogP contribution in [0.1, 0.15) is 11.4 Å². The molecule has 0 radical (unpaired) electrons. The second-order valence-electron chi connectivity index (χ2n) is 4.20. The molecule has 0 amide bonds. The summed E-state index contributed by atoms with van der Waals surface area (Å²) >= 11 is 0. The van der Waals surface area contributed by atoms with Crippen LogP contribution >= 0.6 is 0 Å². The van der Waals surface area contributed by atoms with Gasteiger partial charge in [0.15, 0.2) is 5.65 Å². The first kappa shape index (κ1) is 10.8. The molecule has 0 unspecified atom stereocenters. The van der Waals surface area contributed by atoms with Crippen molar-refractivity contribution in [2.24, 2.45) is 0 Å². The lowest BCUT2D eigenvalue weighted by atomic mass is 10.2. The predicted octanol–water partition coefficient (Wildman–Crippen LogP) is 2.65. The summed E-state index contributed by atoms with van der Waals surface area (Å²) in [5.41, 5.74) is 3.11. The fourth-order valence-corrected chi connectivity index (χ4v) is 1.96. The van der Waals surface area contributed by atoms with Crippen LogP contribution in [0.4, 0.5) is 5.69 Å². The average molecular weight is 238 g/mol. The zero-order valence-corrected chi connectivity index (χ0v) is 10.2. The molecule has 1 N–H and O–H groups in total. The minimum absolute atomic E-state index is 0.784. The van der Waals surface area contributed by atoms with Crippen molar-refractivity contribution in [3.8, 4) is 0 Å². The fourth-order valence-electron chi connectivity index (χ4n) is 1.96. The molecule has 0 saturated carbocycles. The maximum Gasteiger partial charge on any atom is 0.184 e. The second kappa shape index (κ2) is 4.49. The van der Waals surface area contributed by atoms with Crippen molar-refractivity contribution in [3.63, 3.8) is 0 Å². The van der Waals surface area contributed by atoms with Crippen molar-refractivity contribution in [3.05, 3.63) is 60.0 Å². The number of nitrogens with zero attached hydrogens (tertiary/aromatic N) is 3. The third-order valence-corrected chi connectivity index (χ3v) is 2.93. The number of hydrogen-bond donors (Lipinski definition) is 1. The van der Waals surface area contributed by atoms with Gasteiger partial charge in [0.2, 0.25) is 0 Å². The zero-order chi connectivity index (χ0) is 12.4. The first-order valence-corrected chi connectivity index (χ1v) is 5.93. The molecule has 1 aromatic carbocycles. The molecular formula is C14H14N4. The highest BCUT2D eigenvalue weighted by Gasteiger charge is 2.05. The van der Waals surface area contributed by atoms with Gasteiger partial charge in [0.05, 0.1) is 5.69 Å². The maximum atomic E-state index is 4.18. The Hall–Kier alpha value is -2.36. The Morgan fingerprint density at radius 2 is 1.89 bits per heavy atom. The molecule has 0 aliphatic heterocycles. The van der Waals surface area contributed by atoms with Crippen molar-refractivity contribution in [2.75, 3.05) is 5.32 Å². The molecule has 0 aliphatic carbocycles. The van der Waals surface area contributed by atoms with E-state index in [-0.39, 0.29) is 0 Å². The molecule has 18 heavy (non-hydrogen) atoms. The van der Waals surface area contributed by atoms with Gasteiger partial charge in [0.1, 0.15) is 5.82 Å². The number of pyridine rings is 1. The third-order valence-electron chi connectivity index (χ3n) is 2.93. The van der Waals surface area contributed by atoms with Gasteiger partial charge in [0.25, 0.3) is 0 Å². The van der Waals surface area contributed by atoms with Gasteiger partial charge in [-0.15, -0.1) is 10.2 Å². The topological polar surface area (TPSA) is 42.2 Å². The summed E-state index contributed by atoms with van der Waals surface area (Å²) in [7, 11) is 0. The molecule has 4 heteroatoms. The molecule has 3 aromatic rings. The smallest absolute Gasteiger partial charge is 0.184 e. The highest BCUT2D eigenvalue weighted by Crippen LogP contribution is 2.16. The maximum absolute atomic E-state index is 4.18. The molecule has 0 saturated heterocycles. The van der Waals surface area contributed by atoms with E-state index in [1.807, 2.05) is 47.9 Å². The first-order valence-electron chi connectivity index (χ1n) is 5.93. The van der Waals surface area contributed by atoms with E-state index in [4.69, 9.17) is 0 Å². The second-order valence-corrected chi connectivity index (χ2v) is 4.20. The van der Waals surface area contributed by atoms with E-state index in [0.717, 1.165) is 23.7 Å². The van der Waals surface area contributed by atoms with Crippen LogP contribution in [-0.2, 0) is 6.54 Å². The summed E-state index contributed by atoms with van der Waals surface area (Å²) in [4.78, 5) is 0. The van der Waals surface area contributed by atoms with E-state index in [2.05, 4.69) is 27.6 Å². The summed E-state index contributed by atoms with van der Waals surface area (Å²) in [6.07, 6.45) is 1.97. The first-order chi connectivity index (χ1) is 8.84. The van der Waals surface area contributed by atoms with Crippen molar-refractivity contribution in [1.29, 1.82) is 0 Å². The van der Waals surface area contributed by atoms with Crippen molar-refractivity contribution in [1.82, 2.24) is 14.6 Å². The van der Waals surface area contributed by atoms with Crippen LogP contribution in [-0.4, -0.2) is 14.6 Å². The molecule has 0 fully saturated rings. The van der Waals surface area contributed by atoms with Crippen LogP contribution in [0.25, 0.3) is 5.65 Å². The molecule has 2 heterocycles. The lowest BCUT2D eigenvalue weighted by Gasteiger charge is -2.07. The van der Waals surface area contributed by atoms with Gasteiger partial charge in [-0.2, -0.15) is 0 Å². The number of aryl methyl sites for hydroxylation is 1. The van der Waals surface area contributed by atoms with Gasteiger partial charge in [-0.05, 0) is 24.6 Å². The van der Waals surface area contributed by atoms with E-state index in [9.17, 15) is 0 Å². The summed E-state index contributed by atoms with van der Waals surface area (Å²) in [5.74, 6) is 0.897. The van der Waals surface area contributed by atoms with Gasteiger partial charge in [-0.3, -0.25) is 4.40 Å². The Kier molecular flexibility index (Phi) is 2.68. The van der Waals surface area contributed by atoms with Crippen LogP contribution in [0.15, 0.2) is 48.7 Å². The Balaban J connectivity index is 1.87. The van der Waals surface area contributed by atoms with Crippen LogP contribution < -0.4 is 5.32 Å².